The zero-order valence-corrected chi connectivity index (χ0v) is 14.0. The number of nitrogens with zero attached hydrogens (tertiary/aromatic N) is 1. The minimum atomic E-state index is 0.779. The van der Waals surface area contributed by atoms with E-state index in [1.165, 1.54) is 11.1 Å². The van der Waals surface area contributed by atoms with E-state index >= 15 is 0 Å². The Balaban J connectivity index is 2.38. The van der Waals surface area contributed by atoms with E-state index in [0.717, 1.165) is 28.2 Å². The van der Waals surface area contributed by atoms with Gasteiger partial charge in [-0.25, -0.2) is 0 Å². The number of rotatable bonds is 5. The van der Waals surface area contributed by atoms with Crippen LogP contribution in [0.3, 0.4) is 0 Å². The Kier molecular flexibility index (Phi) is 5.35. The number of aryl methyl sites for hydroxylation is 1. The number of nitrogens with one attached hydrogen (secondary N) is 1. The molecule has 0 saturated heterocycles. The lowest BCUT2D eigenvalue weighted by molar-refractivity contribution is 1.24. The Labute approximate surface area is 138 Å². The van der Waals surface area contributed by atoms with Crippen molar-refractivity contribution in [1.29, 1.82) is 0 Å². The van der Waals surface area contributed by atoms with Crippen molar-refractivity contribution in [3.63, 3.8) is 0 Å². The highest BCUT2D eigenvalue weighted by Crippen LogP contribution is 2.24. The molecule has 2 rings (SSSR count). The molecule has 0 atom stereocenters. The summed E-state index contributed by atoms with van der Waals surface area (Å²) in [4.78, 5) is 4.55. The Hall–Kier alpha value is -2.83. The molecule has 0 aliphatic rings. The number of hydrogen-bond acceptors (Lipinski definition) is 2. The van der Waals surface area contributed by atoms with Crippen LogP contribution in [-0.2, 0) is 0 Å². The summed E-state index contributed by atoms with van der Waals surface area (Å²) in [7, 11) is 0. The van der Waals surface area contributed by atoms with Crippen molar-refractivity contribution in [2.24, 2.45) is 0 Å². The maximum Gasteiger partial charge on any atom is 0.0930 e. The van der Waals surface area contributed by atoms with Gasteiger partial charge in [-0.15, -0.1) is 5.73 Å². The van der Waals surface area contributed by atoms with Crippen molar-refractivity contribution < 1.29 is 0 Å². The summed E-state index contributed by atoms with van der Waals surface area (Å²) in [6, 6.07) is 8.24. The fourth-order valence-corrected chi connectivity index (χ4v) is 2.36. The van der Waals surface area contributed by atoms with Gasteiger partial charge in [0.05, 0.1) is 11.4 Å². The number of allylic oxidation sites excluding steroid dienone is 1. The molecule has 0 aliphatic heterocycles. The largest absolute Gasteiger partial charge is 0.354 e. The highest BCUT2D eigenvalue weighted by atomic mass is 14.9. The van der Waals surface area contributed by atoms with Crippen molar-refractivity contribution in [3.8, 4) is 0 Å². The summed E-state index contributed by atoms with van der Waals surface area (Å²) in [5.74, 6) is 0. The first-order chi connectivity index (χ1) is 11.1. The van der Waals surface area contributed by atoms with Gasteiger partial charge in [0.25, 0.3) is 0 Å². The Morgan fingerprint density at radius 3 is 2.78 bits per heavy atom. The van der Waals surface area contributed by atoms with E-state index in [2.05, 4.69) is 61.2 Å². The molecule has 0 unspecified atom stereocenters. The Bertz CT molecular complexity index is 807. The lowest BCUT2D eigenvalue weighted by atomic mass is 10.1. The van der Waals surface area contributed by atoms with Gasteiger partial charge in [-0.05, 0) is 50.1 Å². The lowest BCUT2D eigenvalue weighted by Crippen LogP contribution is -2.04. The van der Waals surface area contributed by atoms with Crippen LogP contribution in [0.2, 0.25) is 0 Å². The van der Waals surface area contributed by atoms with Crippen molar-refractivity contribution in [1.82, 2.24) is 4.98 Å². The Morgan fingerprint density at radius 1 is 1.30 bits per heavy atom. The lowest BCUT2D eigenvalue weighted by Gasteiger charge is -2.15. The van der Waals surface area contributed by atoms with Gasteiger partial charge in [-0.2, -0.15) is 0 Å². The van der Waals surface area contributed by atoms with Crippen LogP contribution in [0.4, 0.5) is 5.69 Å². The average Bonchev–Trinajstić information content (AvgIpc) is 2.53. The smallest absolute Gasteiger partial charge is 0.0930 e. The second kappa shape index (κ2) is 7.44. The van der Waals surface area contributed by atoms with Crippen molar-refractivity contribution in [2.75, 3.05) is 5.32 Å². The molecular weight excluding hydrogens is 280 g/mol. The quantitative estimate of drug-likeness (QED) is 0.726. The van der Waals surface area contributed by atoms with Crippen molar-refractivity contribution in [3.05, 3.63) is 83.4 Å². The van der Waals surface area contributed by atoms with Gasteiger partial charge in [-0.1, -0.05) is 37.4 Å². The maximum absolute atomic E-state index is 4.55. The number of benzene rings is 1. The molecule has 1 aromatic carbocycles. The number of hydrogen-bond donors (Lipinski definition) is 1. The third-order valence-electron chi connectivity index (χ3n) is 3.73. The third-order valence-corrected chi connectivity index (χ3v) is 3.73. The van der Waals surface area contributed by atoms with Crippen LogP contribution in [0.5, 0.6) is 0 Å². The van der Waals surface area contributed by atoms with Crippen LogP contribution in [0.15, 0.2) is 55.4 Å². The van der Waals surface area contributed by atoms with Gasteiger partial charge < -0.3 is 5.32 Å². The van der Waals surface area contributed by atoms with Gasteiger partial charge >= 0.3 is 0 Å². The molecule has 0 spiro atoms. The summed E-state index contributed by atoms with van der Waals surface area (Å²) in [5, 5.41) is 3.39. The third kappa shape index (κ3) is 3.88. The SMILES string of the molecule is C=C=Cc1cnc(C(=C)Nc2cccc(C)c2C)c(/C=C\C)c1. The molecule has 0 saturated carbocycles. The van der Waals surface area contributed by atoms with Crippen LogP contribution >= 0.6 is 0 Å². The molecule has 0 aliphatic carbocycles. The minimum absolute atomic E-state index is 0.779. The van der Waals surface area contributed by atoms with Crippen molar-refractivity contribution in [2.45, 2.75) is 20.8 Å². The zero-order valence-electron chi connectivity index (χ0n) is 14.0. The molecule has 2 aromatic rings. The van der Waals surface area contributed by atoms with Crippen LogP contribution < -0.4 is 5.32 Å². The average molecular weight is 302 g/mol. The molecule has 2 nitrogen and oxygen atoms in total. The van der Waals surface area contributed by atoms with E-state index < -0.39 is 0 Å². The first-order valence-corrected chi connectivity index (χ1v) is 7.58. The number of aromatic nitrogens is 1. The van der Waals surface area contributed by atoms with E-state index in [1.807, 2.05) is 31.2 Å². The van der Waals surface area contributed by atoms with Gasteiger partial charge in [0.2, 0.25) is 0 Å². The highest BCUT2D eigenvalue weighted by Gasteiger charge is 2.09. The molecule has 1 aromatic heterocycles. The topological polar surface area (TPSA) is 24.9 Å². The summed E-state index contributed by atoms with van der Waals surface area (Å²) >= 11 is 0. The van der Waals surface area contributed by atoms with E-state index in [-0.39, 0.29) is 0 Å². The van der Waals surface area contributed by atoms with Crippen molar-refractivity contribution >= 4 is 23.5 Å². The predicted molar refractivity (Wildman–Crippen MR) is 101 cm³/mol. The molecule has 0 fully saturated rings. The second-order valence-electron chi connectivity index (χ2n) is 5.41. The van der Waals surface area contributed by atoms with Crippen LogP contribution in [0.1, 0.15) is 34.9 Å². The normalized spacial score (nSPS) is 10.4. The molecule has 1 N–H and O–H groups in total. The zero-order chi connectivity index (χ0) is 16.8. The van der Waals surface area contributed by atoms with E-state index in [1.54, 1.807) is 6.20 Å². The highest BCUT2D eigenvalue weighted by molar-refractivity contribution is 5.80. The summed E-state index contributed by atoms with van der Waals surface area (Å²) < 4.78 is 0. The van der Waals surface area contributed by atoms with Gasteiger partial charge in [-0.3, -0.25) is 4.98 Å². The van der Waals surface area contributed by atoms with Crippen LogP contribution in [0.25, 0.3) is 17.8 Å². The summed E-state index contributed by atoms with van der Waals surface area (Å²) in [6.07, 6.45) is 7.63. The predicted octanol–water partition coefficient (Wildman–Crippen LogP) is 5.61. The molecule has 23 heavy (non-hydrogen) atoms. The fourth-order valence-electron chi connectivity index (χ4n) is 2.36. The standard InChI is InChI=1S/C21H22N2/c1-6-9-18-13-19(10-7-2)21(22-14-18)17(5)23-20-12-8-11-15(3)16(20)4/h7-14,23H,1,5H2,2-4H3/b10-7-. The maximum atomic E-state index is 4.55. The minimum Gasteiger partial charge on any atom is -0.354 e. The first-order valence-electron chi connectivity index (χ1n) is 7.58. The Morgan fingerprint density at radius 2 is 2.09 bits per heavy atom. The molecule has 0 bridgehead atoms. The molecule has 1 heterocycles. The molecule has 0 radical (unpaired) electrons. The molecule has 116 valence electrons. The second-order valence-corrected chi connectivity index (χ2v) is 5.41. The van der Waals surface area contributed by atoms with Crippen LogP contribution in [0, 0.1) is 13.8 Å². The van der Waals surface area contributed by atoms with Gasteiger partial charge in [0.15, 0.2) is 0 Å². The molecular formula is C21H22N2. The van der Waals surface area contributed by atoms with E-state index in [4.69, 9.17) is 0 Å². The number of pyridine rings is 1. The summed E-state index contributed by atoms with van der Waals surface area (Å²) in [6.45, 7) is 14.0. The van der Waals surface area contributed by atoms with E-state index in [0.29, 0.717) is 0 Å². The summed E-state index contributed by atoms with van der Waals surface area (Å²) in [5.41, 5.74) is 9.89. The fraction of sp³-hybridized carbons (Fsp3) is 0.143. The first kappa shape index (κ1) is 16.5. The molecule has 0 amide bonds. The monoisotopic (exact) mass is 302 g/mol. The van der Waals surface area contributed by atoms with Crippen LogP contribution in [-0.4, -0.2) is 4.98 Å². The van der Waals surface area contributed by atoms with Gasteiger partial charge in [0.1, 0.15) is 0 Å². The van der Waals surface area contributed by atoms with E-state index in [9.17, 15) is 0 Å². The molecule has 2 heteroatoms. The number of anilines is 1. The van der Waals surface area contributed by atoms with Gasteiger partial charge in [0, 0.05) is 23.0 Å².